The number of nitrogens with one attached hydrogen (secondary N) is 1. The number of hydrogen-bond acceptors (Lipinski definition) is 1. The van der Waals surface area contributed by atoms with Crippen molar-refractivity contribution in [3.8, 4) is 0 Å². The number of halogens is 3. The van der Waals surface area contributed by atoms with Gasteiger partial charge in [0.05, 0.1) is 4.47 Å². The maximum absolute atomic E-state index is 13.4. The molecule has 4 heteroatoms. The molecular formula is C16H16BrClFN. The lowest BCUT2D eigenvalue weighted by Gasteiger charge is -2.15. The van der Waals surface area contributed by atoms with Crippen LogP contribution in [0.15, 0.2) is 46.9 Å². The Kier molecular flexibility index (Phi) is 5.58. The third-order valence-electron chi connectivity index (χ3n) is 3.12. The Morgan fingerprint density at radius 2 is 2.00 bits per heavy atom. The van der Waals surface area contributed by atoms with Crippen LogP contribution in [0, 0.1) is 5.82 Å². The van der Waals surface area contributed by atoms with Crippen LogP contribution in [0.25, 0.3) is 0 Å². The second-order valence-corrected chi connectivity index (χ2v) is 6.09. The third kappa shape index (κ3) is 4.30. The Morgan fingerprint density at radius 1 is 1.25 bits per heavy atom. The van der Waals surface area contributed by atoms with Gasteiger partial charge < -0.3 is 5.32 Å². The van der Waals surface area contributed by atoms with Crippen LogP contribution >= 0.6 is 27.5 Å². The molecule has 2 rings (SSSR count). The highest BCUT2D eigenvalue weighted by Gasteiger charge is 2.07. The van der Waals surface area contributed by atoms with Gasteiger partial charge in [0.15, 0.2) is 0 Å². The van der Waals surface area contributed by atoms with Crippen LogP contribution in [0.5, 0.6) is 0 Å². The maximum Gasteiger partial charge on any atom is 0.137 e. The molecule has 1 atom stereocenters. The summed E-state index contributed by atoms with van der Waals surface area (Å²) in [5.74, 6) is -0.233. The summed E-state index contributed by atoms with van der Waals surface area (Å²) in [6, 6.07) is 13.3. The molecule has 1 unspecified atom stereocenters. The van der Waals surface area contributed by atoms with Crippen LogP contribution in [0.2, 0.25) is 5.02 Å². The van der Waals surface area contributed by atoms with Crippen LogP contribution in [-0.4, -0.2) is 6.04 Å². The van der Waals surface area contributed by atoms with Gasteiger partial charge in [-0.1, -0.05) is 35.9 Å². The molecule has 0 amide bonds. The van der Waals surface area contributed by atoms with Crippen molar-refractivity contribution in [2.45, 2.75) is 25.9 Å². The van der Waals surface area contributed by atoms with Crippen LogP contribution < -0.4 is 5.32 Å². The van der Waals surface area contributed by atoms with Crippen molar-refractivity contribution in [2.75, 3.05) is 0 Å². The molecule has 0 aromatic heterocycles. The van der Waals surface area contributed by atoms with E-state index in [2.05, 4.69) is 28.2 Å². The van der Waals surface area contributed by atoms with E-state index in [9.17, 15) is 4.39 Å². The SMILES string of the molecule is CC(Cc1ccccc1Cl)NCc1ccc(Br)c(F)c1. The molecule has 0 fully saturated rings. The van der Waals surface area contributed by atoms with Gasteiger partial charge in [0.2, 0.25) is 0 Å². The summed E-state index contributed by atoms with van der Waals surface area (Å²) < 4.78 is 13.9. The second kappa shape index (κ2) is 7.21. The molecule has 0 aliphatic heterocycles. The lowest BCUT2D eigenvalue weighted by molar-refractivity contribution is 0.542. The first-order valence-electron chi connectivity index (χ1n) is 6.47. The minimum atomic E-state index is -0.233. The highest BCUT2D eigenvalue weighted by atomic mass is 79.9. The first kappa shape index (κ1) is 15.5. The van der Waals surface area contributed by atoms with Crippen molar-refractivity contribution in [3.63, 3.8) is 0 Å². The van der Waals surface area contributed by atoms with Crippen molar-refractivity contribution in [1.82, 2.24) is 5.32 Å². The van der Waals surface area contributed by atoms with Crippen molar-refractivity contribution in [2.24, 2.45) is 0 Å². The molecule has 0 bridgehead atoms. The summed E-state index contributed by atoms with van der Waals surface area (Å²) in [6.07, 6.45) is 0.846. The minimum absolute atomic E-state index is 0.233. The summed E-state index contributed by atoms with van der Waals surface area (Å²) in [6.45, 7) is 2.73. The van der Waals surface area contributed by atoms with Gasteiger partial charge in [-0.2, -0.15) is 0 Å². The summed E-state index contributed by atoms with van der Waals surface area (Å²) in [4.78, 5) is 0. The van der Waals surface area contributed by atoms with E-state index < -0.39 is 0 Å². The molecule has 0 heterocycles. The minimum Gasteiger partial charge on any atom is -0.310 e. The first-order valence-corrected chi connectivity index (χ1v) is 7.64. The van der Waals surface area contributed by atoms with Crippen LogP contribution in [0.3, 0.4) is 0 Å². The average Bonchev–Trinajstić information content (AvgIpc) is 2.43. The van der Waals surface area contributed by atoms with Gasteiger partial charge in [-0.05, 0) is 58.6 Å². The monoisotopic (exact) mass is 355 g/mol. The van der Waals surface area contributed by atoms with Crippen molar-refractivity contribution >= 4 is 27.5 Å². The molecule has 1 N–H and O–H groups in total. The lowest BCUT2D eigenvalue weighted by Crippen LogP contribution is -2.27. The summed E-state index contributed by atoms with van der Waals surface area (Å²) in [5.41, 5.74) is 2.05. The quantitative estimate of drug-likeness (QED) is 0.798. The van der Waals surface area contributed by atoms with Gasteiger partial charge >= 0.3 is 0 Å². The van der Waals surface area contributed by atoms with E-state index in [1.165, 1.54) is 0 Å². The molecule has 1 nitrogen and oxygen atoms in total. The zero-order chi connectivity index (χ0) is 14.5. The predicted octanol–water partition coefficient (Wildman–Crippen LogP) is 4.96. The van der Waals surface area contributed by atoms with Crippen LogP contribution in [0.4, 0.5) is 4.39 Å². The number of benzene rings is 2. The van der Waals surface area contributed by atoms with Crippen molar-refractivity contribution in [1.29, 1.82) is 0 Å². The normalized spacial score (nSPS) is 12.4. The van der Waals surface area contributed by atoms with Crippen LogP contribution in [-0.2, 0) is 13.0 Å². The Balaban J connectivity index is 1.90. The highest BCUT2D eigenvalue weighted by molar-refractivity contribution is 9.10. The summed E-state index contributed by atoms with van der Waals surface area (Å²) in [7, 11) is 0. The zero-order valence-corrected chi connectivity index (χ0v) is 13.5. The Morgan fingerprint density at radius 3 is 2.70 bits per heavy atom. The molecule has 0 radical (unpaired) electrons. The molecule has 0 aliphatic rings. The Hall–Kier alpha value is -0.900. The van der Waals surface area contributed by atoms with E-state index in [1.807, 2.05) is 30.3 Å². The Bertz CT molecular complexity index is 588. The standard InChI is InChI=1S/C16H16BrClFN/c1-11(8-13-4-2-3-5-15(13)18)20-10-12-6-7-14(17)16(19)9-12/h2-7,9,11,20H,8,10H2,1H3. The molecule has 20 heavy (non-hydrogen) atoms. The van der Waals surface area contributed by atoms with E-state index in [0.29, 0.717) is 11.0 Å². The van der Waals surface area contributed by atoms with E-state index in [0.717, 1.165) is 22.6 Å². The average molecular weight is 357 g/mol. The van der Waals surface area contributed by atoms with E-state index in [-0.39, 0.29) is 11.9 Å². The van der Waals surface area contributed by atoms with Gasteiger partial charge in [0, 0.05) is 17.6 Å². The van der Waals surface area contributed by atoms with Gasteiger partial charge in [-0.25, -0.2) is 4.39 Å². The fourth-order valence-corrected chi connectivity index (χ4v) is 2.47. The molecule has 0 aliphatic carbocycles. The number of rotatable bonds is 5. The number of hydrogen-bond donors (Lipinski definition) is 1. The summed E-state index contributed by atoms with van der Waals surface area (Å²) >= 11 is 9.29. The smallest absolute Gasteiger partial charge is 0.137 e. The van der Waals surface area contributed by atoms with E-state index in [4.69, 9.17) is 11.6 Å². The topological polar surface area (TPSA) is 12.0 Å². The summed E-state index contributed by atoms with van der Waals surface area (Å²) in [5, 5.41) is 4.17. The molecule has 0 saturated heterocycles. The molecule has 0 spiro atoms. The molecule has 106 valence electrons. The maximum atomic E-state index is 13.4. The highest BCUT2D eigenvalue weighted by Crippen LogP contribution is 2.18. The first-order chi connectivity index (χ1) is 9.56. The predicted molar refractivity (Wildman–Crippen MR) is 85.6 cm³/mol. The largest absolute Gasteiger partial charge is 0.310 e. The fourth-order valence-electron chi connectivity index (χ4n) is 2.01. The Labute approximate surface area is 132 Å². The molecule has 0 saturated carbocycles. The molecule has 2 aromatic rings. The second-order valence-electron chi connectivity index (χ2n) is 4.83. The van der Waals surface area contributed by atoms with Gasteiger partial charge in [-0.3, -0.25) is 0 Å². The van der Waals surface area contributed by atoms with E-state index in [1.54, 1.807) is 12.1 Å². The zero-order valence-electron chi connectivity index (χ0n) is 11.2. The third-order valence-corrected chi connectivity index (χ3v) is 4.13. The molecule has 2 aromatic carbocycles. The molecular weight excluding hydrogens is 341 g/mol. The van der Waals surface area contributed by atoms with Crippen molar-refractivity contribution < 1.29 is 4.39 Å². The fraction of sp³-hybridized carbons (Fsp3) is 0.250. The van der Waals surface area contributed by atoms with Crippen molar-refractivity contribution in [3.05, 3.63) is 68.9 Å². The van der Waals surface area contributed by atoms with Gasteiger partial charge in [0.1, 0.15) is 5.82 Å². The lowest BCUT2D eigenvalue weighted by atomic mass is 10.1. The van der Waals surface area contributed by atoms with E-state index >= 15 is 0 Å². The van der Waals surface area contributed by atoms with Crippen LogP contribution in [0.1, 0.15) is 18.1 Å². The van der Waals surface area contributed by atoms with Gasteiger partial charge in [-0.15, -0.1) is 0 Å². The van der Waals surface area contributed by atoms with Gasteiger partial charge in [0.25, 0.3) is 0 Å².